The lowest BCUT2D eigenvalue weighted by Gasteiger charge is -2.19. The summed E-state index contributed by atoms with van der Waals surface area (Å²) in [5.41, 5.74) is -0.722. The van der Waals surface area contributed by atoms with Gasteiger partial charge in [0.1, 0.15) is 16.2 Å². The highest BCUT2D eigenvalue weighted by atomic mass is 79.9. The molecule has 0 bridgehead atoms. The molecule has 0 atom stereocenters. The van der Waals surface area contributed by atoms with Gasteiger partial charge >= 0.3 is 5.69 Å². The van der Waals surface area contributed by atoms with Gasteiger partial charge in [-0.2, -0.15) is 0 Å². The van der Waals surface area contributed by atoms with Gasteiger partial charge in [-0.3, -0.25) is 13.9 Å². The first-order valence-electron chi connectivity index (χ1n) is 6.98. The molecular weight excluding hydrogens is 380 g/mol. The van der Waals surface area contributed by atoms with Crippen LogP contribution in [0.3, 0.4) is 0 Å². The van der Waals surface area contributed by atoms with Gasteiger partial charge < -0.3 is 0 Å². The Labute approximate surface area is 146 Å². The van der Waals surface area contributed by atoms with Crippen LogP contribution < -0.4 is 11.2 Å². The number of fused-ring (bicyclic) bond motifs is 1. The van der Waals surface area contributed by atoms with Gasteiger partial charge in [0.2, 0.25) is 0 Å². The molecule has 0 aliphatic heterocycles. The van der Waals surface area contributed by atoms with E-state index in [1.165, 1.54) is 23.4 Å². The number of nitrogens with zero attached hydrogens (tertiary/aromatic N) is 4. The van der Waals surface area contributed by atoms with E-state index in [1.54, 1.807) is 7.05 Å². The van der Waals surface area contributed by atoms with E-state index in [-0.39, 0.29) is 11.0 Å². The first kappa shape index (κ1) is 17.9. The molecule has 8 heteroatoms. The summed E-state index contributed by atoms with van der Waals surface area (Å²) in [7, 11) is 3.07. The Hall–Kier alpha value is -1.41. The quantitative estimate of drug-likeness (QED) is 0.585. The van der Waals surface area contributed by atoms with E-state index in [9.17, 15) is 9.59 Å². The van der Waals surface area contributed by atoms with Gasteiger partial charge in [0.15, 0.2) is 5.65 Å². The van der Waals surface area contributed by atoms with Gasteiger partial charge in [0.25, 0.3) is 5.56 Å². The van der Waals surface area contributed by atoms with Crippen molar-refractivity contribution in [2.45, 2.75) is 31.2 Å². The van der Waals surface area contributed by atoms with E-state index in [0.29, 0.717) is 27.6 Å². The molecule has 0 fully saturated rings. The van der Waals surface area contributed by atoms with Crippen LogP contribution in [0.2, 0.25) is 0 Å². The molecule has 0 aliphatic rings. The van der Waals surface area contributed by atoms with E-state index in [4.69, 9.17) is 0 Å². The van der Waals surface area contributed by atoms with Crippen molar-refractivity contribution in [1.82, 2.24) is 19.1 Å². The summed E-state index contributed by atoms with van der Waals surface area (Å²) in [5.74, 6) is 1.16. The molecule has 0 aromatic carbocycles. The molecule has 2 rings (SSSR count). The first-order valence-corrected chi connectivity index (χ1v) is 8.76. The van der Waals surface area contributed by atoms with Crippen LogP contribution in [0, 0.1) is 0 Å². The third-order valence-corrected chi connectivity index (χ3v) is 5.02. The Morgan fingerprint density at radius 1 is 1.22 bits per heavy atom. The average molecular weight is 399 g/mol. The molecule has 2 heterocycles. The van der Waals surface area contributed by atoms with E-state index in [1.807, 2.05) is 20.8 Å². The SMILES string of the molecule is C=C(Br)CSc1nc(C(C)(C)C)nc2c1c(=O)n(C)c(=O)n2C. The standard InChI is InChI=1S/C15H19BrN4O2S/c1-8(16)7-23-11-9-10(17-13(18-11)15(2,3)4)19(5)14(22)20(6)12(9)21/h1,7H2,2-6H3. The molecule has 0 aliphatic carbocycles. The topological polar surface area (TPSA) is 69.8 Å². The van der Waals surface area contributed by atoms with Gasteiger partial charge in [-0.15, -0.1) is 11.8 Å². The molecule has 23 heavy (non-hydrogen) atoms. The lowest BCUT2D eigenvalue weighted by atomic mass is 9.96. The molecular formula is C15H19BrN4O2S. The molecule has 0 unspecified atom stereocenters. The van der Waals surface area contributed by atoms with Crippen molar-refractivity contribution in [1.29, 1.82) is 0 Å². The average Bonchev–Trinajstić information content (AvgIpc) is 2.46. The number of halogens is 1. The summed E-state index contributed by atoms with van der Waals surface area (Å²) in [6, 6.07) is 0. The summed E-state index contributed by atoms with van der Waals surface area (Å²) in [5, 5.41) is 0.929. The molecule has 0 saturated heterocycles. The van der Waals surface area contributed by atoms with Gasteiger partial charge in [-0.1, -0.05) is 43.3 Å². The summed E-state index contributed by atoms with van der Waals surface area (Å²) in [6.07, 6.45) is 0. The highest BCUT2D eigenvalue weighted by molar-refractivity contribution is 9.11. The van der Waals surface area contributed by atoms with Crippen molar-refractivity contribution in [2.24, 2.45) is 14.1 Å². The van der Waals surface area contributed by atoms with Crippen LogP contribution in [0.15, 0.2) is 25.7 Å². The third-order valence-electron chi connectivity index (χ3n) is 3.30. The van der Waals surface area contributed by atoms with Crippen molar-refractivity contribution in [2.75, 3.05) is 5.75 Å². The number of aryl methyl sites for hydroxylation is 1. The van der Waals surface area contributed by atoms with Crippen LogP contribution in [0.1, 0.15) is 26.6 Å². The molecule has 6 nitrogen and oxygen atoms in total. The van der Waals surface area contributed by atoms with Gasteiger partial charge in [0.05, 0.1) is 0 Å². The molecule has 2 aromatic heterocycles. The minimum atomic E-state index is -0.401. The molecule has 124 valence electrons. The normalized spacial score (nSPS) is 11.9. The van der Waals surface area contributed by atoms with E-state index >= 15 is 0 Å². The van der Waals surface area contributed by atoms with Crippen LogP contribution in [-0.2, 0) is 19.5 Å². The fraction of sp³-hybridized carbons (Fsp3) is 0.467. The maximum Gasteiger partial charge on any atom is 0.332 e. The molecule has 2 aromatic rings. The maximum atomic E-state index is 12.5. The van der Waals surface area contributed by atoms with Crippen molar-refractivity contribution in [3.05, 3.63) is 37.7 Å². The van der Waals surface area contributed by atoms with Crippen LogP contribution in [0.25, 0.3) is 11.0 Å². The lowest BCUT2D eigenvalue weighted by Crippen LogP contribution is -2.38. The second-order valence-electron chi connectivity index (χ2n) is 6.31. The zero-order valence-electron chi connectivity index (χ0n) is 13.8. The Morgan fingerprint density at radius 3 is 2.35 bits per heavy atom. The van der Waals surface area contributed by atoms with Crippen LogP contribution >= 0.6 is 27.7 Å². The fourth-order valence-electron chi connectivity index (χ4n) is 2.02. The minimum Gasteiger partial charge on any atom is -0.280 e. The van der Waals surface area contributed by atoms with Crippen molar-refractivity contribution >= 4 is 38.7 Å². The van der Waals surface area contributed by atoms with Crippen LogP contribution in [0.4, 0.5) is 0 Å². The Balaban J connectivity index is 2.92. The lowest BCUT2D eigenvalue weighted by molar-refractivity contribution is 0.539. The second kappa shape index (κ2) is 6.24. The monoisotopic (exact) mass is 398 g/mol. The predicted molar refractivity (Wildman–Crippen MR) is 97.5 cm³/mol. The molecule has 0 amide bonds. The summed E-state index contributed by atoms with van der Waals surface area (Å²) >= 11 is 4.72. The van der Waals surface area contributed by atoms with Crippen LogP contribution in [-0.4, -0.2) is 24.9 Å². The fourth-order valence-corrected chi connectivity index (χ4v) is 3.13. The van der Waals surface area contributed by atoms with E-state index in [2.05, 4.69) is 32.5 Å². The Morgan fingerprint density at radius 2 is 1.83 bits per heavy atom. The highest BCUT2D eigenvalue weighted by Crippen LogP contribution is 2.28. The molecule has 0 radical (unpaired) electrons. The smallest absolute Gasteiger partial charge is 0.280 e. The summed E-state index contributed by atoms with van der Waals surface area (Å²) in [6.45, 7) is 9.78. The number of hydrogen-bond acceptors (Lipinski definition) is 5. The van der Waals surface area contributed by atoms with Crippen molar-refractivity contribution in [3.63, 3.8) is 0 Å². The van der Waals surface area contributed by atoms with E-state index in [0.717, 1.165) is 9.05 Å². The van der Waals surface area contributed by atoms with Gasteiger partial charge in [0, 0.05) is 25.3 Å². The minimum absolute atomic E-state index is 0.300. The Bertz CT molecular complexity index is 909. The summed E-state index contributed by atoms with van der Waals surface area (Å²) < 4.78 is 3.27. The van der Waals surface area contributed by atoms with Crippen LogP contribution in [0.5, 0.6) is 0 Å². The molecule has 0 spiro atoms. The zero-order valence-corrected chi connectivity index (χ0v) is 16.2. The largest absolute Gasteiger partial charge is 0.332 e. The molecule has 0 N–H and O–H groups in total. The van der Waals surface area contributed by atoms with Gasteiger partial charge in [-0.05, 0) is 4.48 Å². The summed E-state index contributed by atoms with van der Waals surface area (Å²) in [4.78, 5) is 33.8. The maximum absolute atomic E-state index is 12.5. The third kappa shape index (κ3) is 3.42. The highest BCUT2D eigenvalue weighted by Gasteiger charge is 2.23. The van der Waals surface area contributed by atoms with Crippen molar-refractivity contribution < 1.29 is 0 Å². The predicted octanol–water partition coefficient (Wildman–Crippen LogP) is 2.33. The zero-order chi connectivity index (χ0) is 17.5. The van der Waals surface area contributed by atoms with Crippen molar-refractivity contribution in [3.8, 4) is 0 Å². The molecule has 0 saturated carbocycles. The number of thioether (sulfide) groups is 1. The first-order chi connectivity index (χ1) is 10.5. The second-order valence-corrected chi connectivity index (χ2v) is 8.40. The number of hydrogen-bond donors (Lipinski definition) is 0. The van der Waals surface area contributed by atoms with E-state index < -0.39 is 5.69 Å². The Kier molecular flexibility index (Phi) is 4.86. The van der Waals surface area contributed by atoms with Gasteiger partial charge in [-0.25, -0.2) is 14.8 Å². The number of aromatic nitrogens is 4. The number of rotatable bonds is 3.